The van der Waals surface area contributed by atoms with Crippen molar-refractivity contribution in [3.8, 4) is 34.4 Å². The first-order chi connectivity index (χ1) is 24.3. The van der Waals surface area contributed by atoms with Crippen LogP contribution in [-0.2, 0) is 17.6 Å². The van der Waals surface area contributed by atoms with E-state index in [-0.39, 0.29) is 29.4 Å². The third-order valence-electron chi connectivity index (χ3n) is 8.52. The maximum atomic E-state index is 15.5. The molecule has 5 aromatic rings. The lowest BCUT2D eigenvalue weighted by Crippen LogP contribution is -2.42. The maximum absolute atomic E-state index is 15.5. The molecule has 0 atom stereocenters. The van der Waals surface area contributed by atoms with Crippen molar-refractivity contribution in [3.63, 3.8) is 0 Å². The smallest absolute Gasteiger partial charge is 0.271 e. The van der Waals surface area contributed by atoms with E-state index in [0.29, 0.717) is 70.5 Å². The number of anilines is 1. The van der Waals surface area contributed by atoms with Crippen molar-refractivity contribution in [2.45, 2.75) is 6.42 Å². The normalized spacial score (nSPS) is 14.6. The van der Waals surface area contributed by atoms with Gasteiger partial charge in [0.05, 0.1) is 19.2 Å². The van der Waals surface area contributed by atoms with E-state index in [0.717, 1.165) is 19.2 Å². The number of carbonyl (C=O) groups is 1. The molecule has 11 nitrogen and oxygen atoms in total. The molecule has 0 unspecified atom stereocenters. The highest BCUT2D eigenvalue weighted by Crippen LogP contribution is 2.38. The molecular formula is C36H32F2N4O7S. The second-order valence-electron chi connectivity index (χ2n) is 11.7. The van der Waals surface area contributed by atoms with Crippen LogP contribution in [0.2, 0.25) is 0 Å². The minimum absolute atomic E-state index is 0.0871. The third kappa shape index (κ3) is 6.95. The van der Waals surface area contributed by atoms with Gasteiger partial charge in [0.2, 0.25) is 0 Å². The number of aromatic nitrogens is 2. The molecule has 0 saturated carbocycles. The Morgan fingerprint density at radius 2 is 1.82 bits per heavy atom. The minimum Gasteiger partial charge on any atom is -0.616 e. The van der Waals surface area contributed by atoms with E-state index >= 15 is 4.39 Å². The SMILES string of the molecule is COc1cc2c(Oc3ccc(NC(=O)c4c5c(cn(-c6ccc(F)cc6)c4=O)CCO5)cc3F)ccnc2cc1OCCN1CC[S+]([O-])CC1. The predicted octanol–water partition coefficient (Wildman–Crippen LogP) is 5.10. The van der Waals surface area contributed by atoms with Gasteiger partial charge in [0.1, 0.15) is 41.0 Å². The Morgan fingerprint density at radius 3 is 2.58 bits per heavy atom. The molecule has 0 spiro atoms. The van der Waals surface area contributed by atoms with Crippen molar-refractivity contribution in [3.05, 3.63) is 106 Å². The van der Waals surface area contributed by atoms with Gasteiger partial charge in [0.15, 0.2) is 23.1 Å². The van der Waals surface area contributed by atoms with Gasteiger partial charge in [0.25, 0.3) is 11.5 Å². The average Bonchev–Trinajstić information content (AvgIpc) is 3.58. The summed E-state index contributed by atoms with van der Waals surface area (Å²) in [5.74, 6) is 0.633. The first kappa shape index (κ1) is 33.3. The van der Waals surface area contributed by atoms with Crippen LogP contribution in [0.1, 0.15) is 15.9 Å². The standard InChI is InChI=1S/C36H32F2N4O7S/c1-46-31-19-26-28(20-32(31)47-15-11-41-12-16-50(45)17-13-41)39-10-8-29(26)49-30-7-4-24(18-27(30)38)40-35(43)33-34-22(9-14-48-34)21-42(36(33)44)25-5-2-23(37)3-6-25/h2-8,10,18-21H,9,11-17H2,1H3,(H,40,43). The number of carbonyl (C=O) groups excluding carboxylic acids is 1. The number of pyridine rings is 2. The molecular weight excluding hydrogens is 670 g/mol. The number of benzene rings is 3. The van der Waals surface area contributed by atoms with Crippen LogP contribution < -0.4 is 29.8 Å². The molecule has 1 N–H and O–H groups in total. The number of hydrogen-bond acceptors (Lipinski definition) is 9. The fourth-order valence-electron chi connectivity index (χ4n) is 5.90. The molecule has 1 saturated heterocycles. The van der Waals surface area contributed by atoms with Gasteiger partial charge in [-0.05, 0) is 48.5 Å². The highest BCUT2D eigenvalue weighted by molar-refractivity contribution is 7.91. The zero-order valence-electron chi connectivity index (χ0n) is 26.9. The predicted molar refractivity (Wildman–Crippen MR) is 184 cm³/mol. The summed E-state index contributed by atoms with van der Waals surface area (Å²) >= 11 is -0.747. The van der Waals surface area contributed by atoms with E-state index in [9.17, 15) is 18.5 Å². The molecule has 258 valence electrons. The topological polar surface area (TPSA) is 127 Å². The van der Waals surface area contributed by atoms with E-state index in [1.54, 1.807) is 24.4 Å². The molecule has 0 aliphatic carbocycles. The summed E-state index contributed by atoms with van der Waals surface area (Å²) in [7, 11) is 1.52. The fraction of sp³-hybridized carbons (Fsp3) is 0.250. The number of nitrogens with zero attached hydrogens (tertiary/aromatic N) is 3. The summed E-state index contributed by atoms with van der Waals surface area (Å²) in [4.78, 5) is 33.6. The van der Waals surface area contributed by atoms with Gasteiger partial charge in [0, 0.05) is 72.9 Å². The Hall–Kier alpha value is -5.18. The summed E-state index contributed by atoms with van der Waals surface area (Å²) in [6.07, 6.45) is 3.59. The van der Waals surface area contributed by atoms with Crippen molar-refractivity contribution in [2.75, 3.05) is 56.8 Å². The Morgan fingerprint density at radius 1 is 1.02 bits per heavy atom. The van der Waals surface area contributed by atoms with Crippen molar-refractivity contribution >= 4 is 33.7 Å². The molecule has 14 heteroatoms. The molecule has 50 heavy (non-hydrogen) atoms. The van der Waals surface area contributed by atoms with E-state index in [4.69, 9.17) is 18.9 Å². The molecule has 3 aromatic carbocycles. The third-order valence-corrected chi connectivity index (χ3v) is 9.79. The Bertz CT molecular complexity index is 2120. The molecule has 2 aromatic heterocycles. The highest BCUT2D eigenvalue weighted by atomic mass is 32.2. The van der Waals surface area contributed by atoms with Crippen LogP contribution in [0.4, 0.5) is 14.5 Å². The number of methoxy groups -OCH3 is 1. The van der Waals surface area contributed by atoms with E-state index in [1.165, 1.54) is 54.3 Å². The summed E-state index contributed by atoms with van der Waals surface area (Å²) in [6.45, 7) is 2.90. The summed E-state index contributed by atoms with van der Waals surface area (Å²) in [5, 5.41) is 3.15. The van der Waals surface area contributed by atoms with Crippen LogP contribution in [0.3, 0.4) is 0 Å². The number of halogens is 2. The van der Waals surface area contributed by atoms with E-state index in [2.05, 4.69) is 15.2 Å². The van der Waals surface area contributed by atoms with Crippen molar-refractivity contribution in [2.24, 2.45) is 0 Å². The summed E-state index contributed by atoms with van der Waals surface area (Å²) < 4.78 is 65.1. The van der Waals surface area contributed by atoms with Crippen LogP contribution in [0.25, 0.3) is 16.6 Å². The zero-order chi connectivity index (χ0) is 34.8. The Kier molecular flexibility index (Phi) is 9.57. The van der Waals surface area contributed by atoms with Crippen molar-refractivity contribution < 1.29 is 37.1 Å². The van der Waals surface area contributed by atoms with E-state index < -0.39 is 34.3 Å². The highest BCUT2D eigenvalue weighted by Gasteiger charge is 2.27. The monoisotopic (exact) mass is 702 g/mol. The van der Waals surface area contributed by atoms with Gasteiger partial charge in [-0.3, -0.25) is 24.0 Å². The molecule has 1 fully saturated rings. The molecule has 2 aliphatic rings. The summed E-state index contributed by atoms with van der Waals surface area (Å²) in [5.41, 5.74) is 0.750. The lowest BCUT2D eigenvalue weighted by Gasteiger charge is -2.27. The second-order valence-corrected chi connectivity index (χ2v) is 13.4. The quantitative estimate of drug-likeness (QED) is 0.198. The van der Waals surface area contributed by atoms with Gasteiger partial charge >= 0.3 is 0 Å². The lowest BCUT2D eigenvalue weighted by molar-refractivity contribution is 0.102. The van der Waals surface area contributed by atoms with Crippen LogP contribution in [0, 0.1) is 11.6 Å². The minimum atomic E-state index is -0.782. The van der Waals surface area contributed by atoms with Gasteiger partial charge in [-0.15, -0.1) is 0 Å². The van der Waals surface area contributed by atoms with Crippen LogP contribution in [0.5, 0.6) is 28.7 Å². The number of amides is 1. The van der Waals surface area contributed by atoms with Crippen LogP contribution >= 0.6 is 0 Å². The number of ether oxygens (including phenoxy) is 4. The first-order valence-electron chi connectivity index (χ1n) is 15.9. The molecule has 2 aliphatic heterocycles. The molecule has 0 radical (unpaired) electrons. The largest absolute Gasteiger partial charge is 0.616 e. The fourth-order valence-corrected chi connectivity index (χ4v) is 7.03. The van der Waals surface area contributed by atoms with Crippen LogP contribution in [-0.4, -0.2) is 76.4 Å². The number of fused-ring (bicyclic) bond motifs is 2. The average molecular weight is 703 g/mol. The Labute approximate surface area is 288 Å². The van der Waals surface area contributed by atoms with Gasteiger partial charge < -0.3 is 28.8 Å². The maximum Gasteiger partial charge on any atom is 0.271 e. The molecule has 1 amide bonds. The lowest BCUT2D eigenvalue weighted by atomic mass is 10.1. The molecule has 0 bridgehead atoms. The van der Waals surface area contributed by atoms with Crippen molar-refractivity contribution in [1.29, 1.82) is 0 Å². The Balaban J connectivity index is 1.08. The molecule has 4 heterocycles. The zero-order valence-corrected chi connectivity index (χ0v) is 27.8. The van der Waals surface area contributed by atoms with E-state index in [1.807, 2.05) is 0 Å². The number of rotatable bonds is 10. The van der Waals surface area contributed by atoms with Crippen molar-refractivity contribution in [1.82, 2.24) is 14.5 Å². The van der Waals surface area contributed by atoms with Gasteiger partial charge in [-0.1, -0.05) is 11.2 Å². The summed E-state index contributed by atoms with van der Waals surface area (Å²) in [6, 6.07) is 14.3. The number of nitrogens with one attached hydrogen (secondary N) is 1. The van der Waals surface area contributed by atoms with Gasteiger partial charge in [-0.2, -0.15) is 0 Å². The van der Waals surface area contributed by atoms with Crippen LogP contribution in [0.15, 0.2) is 77.9 Å². The molecule has 7 rings (SSSR count). The number of hydrogen-bond donors (Lipinski definition) is 1. The first-order valence-corrected chi connectivity index (χ1v) is 17.4. The van der Waals surface area contributed by atoms with Gasteiger partial charge in [-0.25, -0.2) is 8.78 Å². The second kappa shape index (κ2) is 14.4.